The molecule has 0 saturated heterocycles. The van der Waals surface area contributed by atoms with E-state index in [-0.39, 0.29) is 11.8 Å². The second-order valence-corrected chi connectivity index (χ2v) is 7.72. The summed E-state index contributed by atoms with van der Waals surface area (Å²) in [6.07, 6.45) is 2.88. The van der Waals surface area contributed by atoms with Crippen molar-refractivity contribution >= 4 is 23.2 Å². The lowest BCUT2D eigenvalue weighted by Crippen LogP contribution is -2.25. The number of para-hydroxylation sites is 2. The van der Waals surface area contributed by atoms with Crippen LogP contribution in [0.25, 0.3) is 0 Å². The lowest BCUT2D eigenvalue weighted by atomic mass is 9.87. The van der Waals surface area contributed by atoms with Crippen LogP contribution in [0.1, 0.15) is 30.0 Å². The summed E-state index contributed by atoms with van der Waals surface area (Å²) in [5.41, 5.74) is 2.88. The Hall–Kier alpha value is -4.46. The average molecular weight is 439 g/mol. The van der Waals surface area contributed by atoms with Crippen molar-refractivity contribution in [3.05, 3.63) is 96.6 Å². The number of nitrogens with zero attached hydrogens (tertiary/aromatic N) is 3. The molecule has 2 heterocycles. The Bertz CT molecular complexity index is 1260. The molecule has 0 bridgehead atoms. The fourth-order valence-electron chi connectivity index (χ4n) is 3.83. The van der Waals surface area contributed by atoms with Crippen LogP contribution in [-0.2, 0) is 9.59 Å². The van der Waals surface area contributed by atoms with Gasteiger partial charge in [0.25, 0.3) is 0 Å². The van der Waals surface area contributed by atoms with Gasteiger partial charge in [-0.2, -0.15) is 5.10 Å². The molecular weight excluding hydrogens is 418 g/mol. The highest BCUT2D eigenvalue weighted by Gasteiger charge is 2.32. The summed E-state index contributed by atoms with van der Waals surface area (Å²) in [6.45, 7) is 1.74. The molecule has 0 spiro atoms. The predicted molar refractivity (Wildman–Crippen MR) is 123 cm³/mol. The maximum absolute atomic E-state index is 13.3. The summed E-state index contributed by atoms with van der Waals surface area (Å²) in [5, 5.41) is 9.82. The maximum Gasteiger partial charge on any atom is 0.249 e. The van der Waals surface area contributed by atoms with Gasteiger partial charge < -0.3 is 15.4 Å². The SMILES string of the molecule is CC(C(=O)Nc1ccc(NC(=O)C2c3ccccc3Oc3ccccc32)cc1)n1cncn1. The highest BCUT2D eigenvalue weighted by atomic mass is 16.5. The van der Waals surface area contributed by atoms with Gasteiger partial charge in [0.1, 0.15) is 30.2 Å². The van der Waals surface area contributed by atoms with Gasteiger partial charge in [0.05, 0.1) is 5.92 Å². The van der Waals surface area contributed by atoms with Crippen LogP contribution in [-0.4, -0.2) is 26.6 Å². The summed E-state index contributed by atoms with van der Waals surface area (Å²) < 4.78 is 7.46. The Labute approximate surface area is 190 Å². The first kappa shape index (κ1) is 20.4. The first-order chi connectivity index (χ1) is 16.1. The number of ether oxygens (including phenoxy) is 1. The highest BCUT2D eigenvalue weighted by molar-refractivity contribution is 6.00. The van der Waals surface area contributed by atoms with Gasteiger partial charge in [-0.05, 0) is 43.3 Å². The van der Waals surface area contributed by atoms with Gasteiger partial charge in [0.15, 0.2) is 0 Å². The molecule has 1 atom stereocenters. The van der Waals surface area contributed by atoms with Crippen molar-refractivity contribution in [2.75, 3.05) is 10.6 Å². The number of amides is 2. The largest absolute Gasteiger partial charge is 0.457 e. The molecule has 0 saturated carbocycles. The van der Waals surface area contributed by atoms with Crippen molar-refractivity contribution in [1.82, 2.24) is 14.8 Å². The van der Waals surface area contributed by atoms with Crippen LogP contribution in [0, 0.1) is 0 Å². The van der Waals surface area contributed by atoms with Crippen molar-refractivity contribution < 1.29 is 14.3 Å². The third-order valence-corrected chi connectivity index (χ3v) is 5.57. The smallest absolute Gasteiger partial charge is 0.249 e. The Morgan fingerprint density at radius 2 is 1.45 bits per heavy atom. The molecule has 1 aliphatic rings. The van der Waals surface area contributed by atoms with E-state index in [0.29, 0.717) is 22.9 Å². The minimum atomic E-state index is -0.500. The van der Waals surface area contributed by atoms with Gasteiger partial charge in [-0.15, -0.1) is 0 Å². The molecule has 5 rings (SSSR count). The molecule has 4 aromatic rings. The van der Waals surface area contributed by atoms with Gasteiger partial charge in [-0.25, -0.2) is 9.67 Å². The normalized spacial score (nSPS) is 13.2. The van der Waals surface area contributed by atoms with E-state index in [1.165, 1.54) is 17.3 Å². The van der Waals surface area contributed by atoms with Gasteiger partial charge in [0.2, 0.25) is 11.8 Å². The summed E-state index contributed by atoms with van der Waals surface area (Å²) in [4.78, 5) is 29.6. The van der Waals surface area contributed by atoms with Crippen LogP contribution in [0.4, 0.5) is 11.4 Å². The second kappa shape index (κ2) is 8.58. The van der Waals surface area contributed by atoms with E-state index in [1.54, 1.807) is 31.2 Å². The van der Waals surface area contributed by atoms with E-state index >= 15 is 0 Å². The quantitative estimate of drug-likeness (QED) is 0.482. The Balaban J connectivity index is 1.31. The first-order valence-electron chi connectivity index (χ1n) is 10.5. The zero-order valence-electron chi connectivity index (χ0n) is 17.8. The summed E-state index contributed by atoms with van der Waals surface area (Å²) >= 11 is 0. The van der Waals surface area contributed by atoms with Crippen LogP contribution < -0.4 is 15.4 Å². The molecule has 0 fully saturated rings. The Morgan fingerprint density at radius 3 is 2.03 bits per heavy atom. The number of anilines is 2. The molecule has 164 valence electrons. The minimum absolute atomic E-state index is 0.158. The number of fused-ring (bicyclic) bond motifs is 2. The van der Waals surface area contributed by atoms with Gasteiger partial charge >= 0.3 is 0 Å². The van der Waals surface area contributed by atoms with E-state index in [9.17, 15) is 9.59 Å². The van der Waals surface area contributed by atoms with Crippen molar-refractivity contribution in [1.29, 1.82) is 0 Å². The lowest BCUT2D eigenvalue weighted by Gasteiger charge is -2.27. The number of benzene rings is 3. The van der Waals surface area contributed by atoms with Crippen molar-refractivity contribution in [3.63, 3.8) is 0 Å². The zero-order chi connectivity index (χ0) is 22.8. The molecule has 2 amide bonds. The number of hydrogen-bond donors (Lipinski definition) is 2. The van der Waals surface area contributed by atoms with Crippen LogP contribution in [0.15, 0.2) is 85.5 Å². The summed E-state index contributed by atoms with van der Waals surface area (Å²) in [5.74, 6) is 0.489. The number of nitrogens with one attached hydrogen (secondary N) is 2. The van der Waals surface area contributed by atoms with E-state index < -0.39 is 12.0 Å². The van der Waals surface area contributed by atoms with Gasteiger partial charge in [-0.3, -0.25) is 9.59 Å². The third-order valence-electron chi connectivity index (χ3n) is 5.57. The number of carbonyl (C=O) groups is 2. The van der Waals surface area contributed by atoms with Crippen molar-refractivity contribution in [2.45, 2.75) is 18.9 Å². The third kappa shape index (κ3) is 4.06. The zero-order valence-corrected chi connectivity index (χ0v) is 17.8. The number of hydrogen-bond acceptors (Lipinski definition) is 5. The topological polar surface area (TPSA) is 98.1 Å². The number of rotatable bonds is 5. The standard InChI is InChI=1S/C25H21N5O3/c1-16(30-15-26-14-27-30)24(31)28-17-10-12-18(13-11-17)29-25(32)23-19-6-2-4-8-21(19)33-22-9-5-3-7-20(22)23/h2-16,23H,1H3,(H,28,31)(H,29,32). The summed E-state index contributed by atoms with van der Waals surface area (Å²) in [6, 6.07) is 21.6. The Morgan fingerprint density at radius 1 is 0.879 bits per heavy atom. The molecule has 3 aromatic carbocycles. The fourth-order valence-corrected chi connectivity index (χ4v) is 3.83. The van der Waals surface area contributed by atoms with Crippen molar-refractivity contribution in [2.24, 2.45) is 0 Å². The van der Waals surface area contributed by atoms with E-state index in [2.05, 4.69) is 20.7 Å². The van der Waals surface area contributed by atoms with E-state index in [0.717, 1.165) is 11.1 Å². The minimum Gasteiger partial charge on any atom is -0.457 e. The first-order valence-corrected chi connectivity index (χ1v) is 10.5. The highest BCUT2D eigenvalue weighted by Crippen LogP contribution is 2.44. The molecule has 1 unspecified atom stereocenters. The molecule has 8 heteroatoms. The van der Waals surface area contributed by atoms with Crippen LogP contribution in [0.5, 0.6) is 11.5 Å². The predicted octanol–water partition coefficient (Wildman–Crippen LogP) is 4.35. The number of carbonyl (C=O) groups excluding carboxylic acids is 2. The van der Waals surface area contributed by atoms with Crippen molar-refractivity contribution in [3.8, 4) is 11.5 Å². The van der Waals surface area contributed by atoms with Crippen LogP contribution >= 0.6 is 0 Å². The van der Waals surface area contributed by atoms with Crippen LogP contribution in [0.3, 0.4) is 0 Å². The fraction of sp³-hybridized carbons (Fsp3) is 0.120. The molecule has 0 aliphatic carbocycles. The van der Waals surface area contributed by atoms with Gasteiger partial charge in [-0.1, -0.05) is 36.4 Å². The Kier molecular flexibility index (Phi) is 5.32. The number of aromatic nitrogens is 3. The van der Waals surface area contributed by atoms with E-state index in [1.807, 2.05) is 48.5 Å². The van der Waals surface area contributed by atoms with Gasteiger partial charge in [0, 0.05) is 22.5 Å². The average Bonchev–Trinajstić information content (AvgIpc) is 3.38. The molecule has 0 radical (unpaired) electrons. The molecule has 8 nitrogen and oxygen atoms in total. The maximum atomic E-state index is 13.3. The summed E-state index contributed by atoms with van der Waals surface area (Å²) in [7, 11) is 0. The van der Waals surface area contributed by atoms with E-state index in [4.69, 9.17) is 4.74 Å². The molecule has 33 heavy (non-hydrogen) atoms. The second-order valence-electron chi connectivity index (χ2n) is 7.72. The van der Waals surface area contributed by atoms with Crippen LogP contribution in [0.2, 0.25) is 0 Å². The molecule has 2 N–H and O–H groups in total. The lowest BCUT2D eigenvalue weighted by molar-refractivity contribution is -0.119. The molecular formula is C25H21N5O3. The monoisotopic (exact) mass is 439 g/mol. The molecule has 1 aliphatic heterocycles. The molecule has 1 aromatic heterocycles.